The number of likely N-dealkylation sites (tertiary alicyclic amines) is 1. The first kappa shape index (κ1) is 15.3. The molecule has 0 radical (unpaired) electrons. The van der Waals surface area contributed by atoms with Crippen molar-refractivity contribution in [3.05, 3.63) is 0 Å². The van der Waals surface area contributed by atoms with Crippen molar-refractivity contribution in [1.82, 2.24) is 15.1 Å². The standard InChI is InChI=1S/C15H27N3O2/c1-4-5-13-15(20)18(9-7-14(19)16-13)12-6-8-17(3)11(2)10-12/h11-13H,4-10H2,1-3H3,(H,16,19). The van der Waals surface area contributed by atoms with Gasteiger partial charge in [-0.1, -0.05) is 13.3 Å². The van der Waals surface area contributed by atoms with Crippen molar-refractivity contribution in [3.8, 4) is 0 Å². The number of hydrogen-bond acceptors (Lipinski definition) is 3. The van der Waals surface area contributed by atoms with Crippen molar-refractivity contribution in [2.75, 3.05) is 20.1 Å². The monoisotopic (exact) mass is 281 g/mol. The highest BCUT2D eigenvalue weighted by atomic mass is 16.2. The molecule has 2 aliphatic rings. The molecule has 0 saturated carbocycles. The minimum Gasteiger partial charge on any atom is -0.344 e. The fraction of sp³-hybridized carbons (Fsp3) is 0.867. The van der Waals surface area contributed by atoms with Crippen LogP contribution in [0.15, 0.2) is 0 Å². The van der Waals surface area contributed by atoms with Gasteiger partial charge in [-0.25, -0.2) is 0 Å². The molecule has 2 fully saturated rings. The van der Waals surface area contributed by atoms with E-state index in [-0.39, 0.29) is 17.9 Å². The molecule has 2 aliphatic heterocycles. The SMILES string of the molecule is CCCC1NC(=O)CCN(C2CCN(C)C(C)C2)C1=O. The lowest BCUT2D eigenvalue weighted by Gasteiger charge is -2.41. The Labute approximate surface area is 121 Å². The molecule has 2 heterocycles. The summed E-state index contributed by atoms with van der Waals surface area (Å²) in [6.45, 7) is 5.86. The van der Waals surface area contributed by atoms with Crippen molar-refractivity contribution >= 4 is 11.8 Å². The summed E-state index contributed by atoms with van der Waals surface area (Å²) in [6.07, 6.45) is 4.11. The van der Waals surface area contributed by atoms with Crippen molar-refractivity contribution in [2.45, 2.75) is 64.1 Å². The fourth-order valence-electron chi connectivity index (χ4n) is 3.26. The minimum absolute atomic E-state index is 0.0141. The average Bonchev–Trinajstić information content (AvgIpc) is 2.54. The molecule has 0 aromatic carbocycles. The molecular formula is C15H27N3O2. The smallest absolute Gasteiger partial charge is 0.245 e. The van der Waals surface area contributed by atoms with Crippen LogP contribution in [0.5, 0.6) is 0 Å². The van der Waals surface area contributed by atoms with Crippen LogP contribution in [0.3, 0.4) is 0 Å². The number of nitrogens with one attached hydrogen (secondary N) is 1. The topological polar surface area (TPSA) is 52.7 Å². The van der Waals surface area contributed by atoms with E-state index in [9.17, 15) is 9.59 Å². The molecule has 114 valence electrons. The van der Waals surface area contributed by atoms with Crippen molar-refractivity contribution in [2.24, 2.45) is 0 Å². The van der Waals surface area contributed by atoms with Crippen LogP contribution >= 0.6 is 0 Å². The van der Waals surface area contributed by atoms with Gasteiger partial charge < -0.3 is 15.1 Å². The second-order valence-corrected chi connectivity index (χ2v) is 6.20. The van der Waals surface area contributed by atoms with Crippen molar-refractivity contribution in [3.63, 3.8) is 0 Å². The van der Waals surface area contributed by atoms with E-state index in [1.165, 1.54) is 0 Å². The Kier molecular flexibility index (Phi) is 5.02. The summed E-state index contributed by atoms with van der Waals surface area (Å²) in [7, 11) is 2.14. The summed E-state index contributed by atoms with van der Waals surface area (Å²) in [5.74, 6) is 0.139. The Morgan fingerprint density at radius 3 is 2.70 bits per heavy atom. The first-order chi connectivity index (χ1) is 9.52. The molecule has 2 amide bonds. The maximum Gasteiger partial charge on any atom is 0.245 e. The highest BCUT2D eigenvalue weighted by molar-refractivity contribution is 5.90. The Hall–Kier alpha value is -1.10. The van der Waals surface area contributed by atoms with Crippen LogP contribution in [-0.4, -0.2) is 59.9 Å². The summed E-state index contributed by atoms with van der Waals surface area (Å²) in [5, 5.41) is 2.88. The number of rotatable bonds is 3. The van der Waals surface area contributed by atoms with Crippen LogP contribution in [-0.2, 0) is 9.59 Å². The van der Waals surface area contributed by atoms with Gasteiger partial charge in [0.05, 0.1) is 0 Å². The number of amides is 2. The zero-order valence-electron chi connectivity index (χ0n) is 12.9. The summed E-state index contributed by atoms with van der Waals surface area (Å²) in [6, 6.07) is 0.476. The molecule has 0 aromatic heterocycles. The Morgan fingerprint density at radius 1 is 1.30 bits per heavy atom. The molecule has 1 N–H and O–H groups in total. The highest BCUT2D eigenvalue weighted by Gasteiger charge is 2.35. The third-order valence-electron chi connectivity index (χ3n) is 4.69. The molecule has 3 atom stereocenters. The molecule has 5 nitrogen and oxygen atoms in total. The quantitative estimate of drug-likeness (QED) is 0.839. The summed E-state index contributed by atoms with van der Waals surface area (Å²) in [4.78, 5) is 28.7. The number of carbonyl (C=O) groups excluding carboxylic acids is 2. The summed E-state index contributed by atoms with van der Waals surface area (Å²) in [5.41, 5.74) is 0. The van der Waals surface area contributed by atoms with E-state index in [2.05, 4.69) is 24.2 Å². The first-order valence-corrected chi connectivity index (χ1v) is 7.83. The van der Waals surface area contributed by atoms with Crippen LogP contribution in [0.25, 0.3) is 0 Å². The predicted molar refractivity (Wildman–Crippen MR) is 78.3 cm³/mol. The molecule has 20 heavy (non-hydrogen) atoms. The predicted octanol–water partition coefficient (Wildman–Crippen LogP) is 0.986. The zero-order valence-corrected chi connectivity index (χ0v) is 12.9. The average molecular weight is 281 g/mol. The van der Waals surface area contributed by atoms with Gasteiger partial charge in [0.2, 0.25) is 11.8 Å². The molecule has 5 heteroatoms. The lowest BCUT2D eigenvalue weighted by atomic mass is 9.96. The third kappa shape index (κ3) is 3.32. The van der Waals surface area contributed by atoms with Crippen LogP contribution < -0.4 is 5.32 Å². The van der Waals surface area contributed by atoms with Gasteiger partial charge in [-0.05, 0) is 33.2 Å². The van der Waals surface area contributed by atoms with E-state index in [0.29, 0.717) is 25.0 Å². The number of hydrogen-bond donors (Lipinski definition) is 1. The van der Waals surface area contributed by atoms with Gasteiger partial charge in [0.15, 0.2) is 0 Å². The van der Waals surface area contributed by atoms with Gasteiger partial charge >= 0.3 is 0 Å². The molecule has 0 spiro atoms. The maximum atomic E-state index is 12.7. The van der Waals surface area contributed by atoms with Gasteiger partial charge in [-0.3, -0.25) is 9.59 Å². The molecule has 3 unspecified atom stereocenters. The Bertz CT molecular complexity index is 372. The van der Waals surface area contributed by atoms with E-state index in [1.54, 1.807) is 0 Å². The van der Waals surface area contributed by atoms with Crippen molar-refractivity contribution < 1.29 is 9.59 Å². The zero-order chi connectivity index (χ0) is 14.7. The van der Waals surface area contributed by atoms with Gasteiger partial charge in [-0.2, -0.15) is 0 Å². The Balaban J connectivity index is 2.08. The third-order valence-corrected chi connectivity index (χ3v) is 4.69. The lowest BCUT2D eigenvalue weighted by Crippen LogP contribution is -2.53. The maximum absolute atomic E-state index is 12.7. The first-order valence-electron chi connectivity index (χ1n) is 7.83. The van der Waals surface area contributed by atoms with Crippen molar-refractivity contribution in [1.29, 1.82) is 0 Å². The van der Waals surface area contributed by atoms with E-state index >= 15 is 0 Å². The number of piperidine rings is 1. The molecular weight excluding hydrogens is 254 g/mol. The molecule has 2 rings (SSSR count). The fourth-order valence-corrected chi connectivity index (χ4v) is 3.26. The number of carbonyl (C=O) groups is 2. The largest absolute Gasteiger partial charge is 0.344 e. The van der Waals surface area contributed by atoms with E-state index in [4.69, 9.17) is 0 Å². The molecule has 2 saturated heterocycles. The summed E-state index contributed by atoms with van der Waals surface area (Å²) < 4.78 is 0. The van der Waals surface area contributed by atoms with Crippen LogP contribution in [0.1, 0.15) is 46.0 Å². The lowest BCUT2D eigenvalue weighted by molar-refractivity contribution is -0.137. The number of nitrogens with zero attached hydrogens (tertiary/aromatic N) is 2. The van der Waals surface area contributed by atoms with Crippen LogP contribution in [0, 0.1) is 0 Å². The summed E-state index contributed by atoms with van der Waals surface area (Å²) >= 11 is 0. The molecule has 0 bridgehead atoms. The van der Waals surface area contributed by atoms with Gasteiger partial charge in [0.25, 0.3) is 0 Å². The minimum atomic E-state index is -0.315. The normalized spacial score (nSPS) is 33.0. The van der Waals surface area contributed by atoms with Crippen LogP contribution in [0.4, 0.5) is 0 Å². The second-order valence-electron chi connectivity index (χ2n) is 6.20. The van der Waals surface area contributed by atoms with E-state index in [0.717, 1.165) is 32.2 Å². The van der Waals surface area contributed by atoms with Gasteiger partial charge in [0.1, 0.15) is 6.04 Å². The van der Waals surface area contributed by atoms with E-state index < -0.39 is 0 Å². The van der Waals surface area contributed by atoms with Crippen LogP contribution in [0.2, 0.25) is 0 Å². The van der Waals surface area contributed by atoms with E-state index in [1.807, 2.05) is 11.8 Å². The molecule has 0 aliphatic carbocycles. The second kappa shape index (κ2) is 6.57. The highest BCUT2D eigenvalue weighted by Crippen LogP contribution is 2.23. The van der Waals surface area contributed by atoms with Gasteiger partial charge in [-0.15, -0.1) is 0 Å². The Morgan fingerprint density at radius 2 is 2.05 bits per heavy atom. The van der Waals surface area contributed by atoms with Gasteiger partial charge in [0, 0.05) is 31.6 Å². The molecule has 0 aromatic rings.